The summed E-state index contributed by atoms with van der Waals surface area (Å²) in [5.74, 6) is -0.345. The van der Waals surface area contributed by atoms with Crippen LogP contribution in [0, 0.1) is 5.82 Å². The van der Waals surface area contributed by atoms with E-state index in [2.05, 4.69) is 36.1 Å². The quantitative estimate of drug-likeness (QED) is 0.396. The fourth-order valence-corrected chi connectivity index (χ4v) is 3.46. The second-order valence-corrected chi connectivity index (χ2v) is 7.16. The number of ether oxygens (including phenoxy) is 2. The third kappa shape index (κ3) is 3.88. The van der Waals surface area contributed by atoms with Gasteiger partial charge in [0.05, 0.1) is 38.2 Å². The number of hydrogen-bond donors (Lipinski definition) is 0. The molecule has 0 spiro atoms. The summed E-state index contributed by atoms with van der Waals surface area (Å²) >= 11 is 3.29. The van der Waals surface area contributed by atoms with Gasteiger partial charge in [0, 0.05) is 10.7 Å². The summed E-state index contributed by atoms with van der Waals surface area (Å²) in [6.07, 6.45) is 4.42. The molecule has 0 aliphatic carbocycles. The lowest BCUT2D eigenvalue weighted by Gasteiger charge is -2.09. The van der Waals surface area contributed by atoms with Gasteiger partial charge in [-0.05, 0) is 30.7 Å². The van der Waals surface area contributed by atoms with E-state index in [0.29, 0.717) is 27.6 Å². The first-order valence-corrected chi connectivity index (χ1v) is 9.72. The third-order valence-corrected chi connectivity index (χ3v) is 4.65. The zero-order valence-electron chi connectivity index (χ0n) is 16.0. The van der Waals surface area contributed by atoms with E-state index in [0.717, 1.165) is 0 Å². The molecular weight excluding hydrogens is 459 g/mol. The maximum Gasteiger partial charge on any atom is 0.341 e. The summed E-state index contributed by atoms with van der Waals surface area (Å²) in [6.45, 7) is 2.29. The number of aromatic nitrogens is 6. The fourth-order valence-electron chi connectivity index (χ4n) is 2.95. The molecular formula is C19H16BrFN6O3. The summed E-state index contributed by atoms with van der Waals surface area (Å²) in [6, 6.07) is 4.62. The molecule has 0 saturated heterocycles. The number of nitrogens with zero attached hydrogens (tertiary/aromatic N) is 6. The number of halogens is 2. The minimum absolute atomic E-state index is 0.211. The molecule has 0 radical (unpaired) electrons. The van der Waals surface area contributed by atoms with Gasteiger partial charge in [-0.25, -0.2) is 18.9 Å². The average molecular weight is 475 g/mol. The standard InChI is InChI=1S/C19H16BrFN6O3/c1-3-30-18(28)12-7-22-27(10-12)19-24-15-8-23-26(16(15)17(25-19)29-2)9-11-4-13(20)6-14(21)5-11/h4-8,10H,3,9H2,1-2H3. The number of carbonyl (C=O) groups is 1. The van der Waals surface area contributed by atoms with Crippen LogP contribution in [0.25, 0.3) is 17.0 Å². The predicted molar refractivity (Wildman–Crippen MR) is 108 cm³/mol. The van der Waals surface area contributed by atoms with Crippen molar-refractivity contribution >= 4 is 32.9 Å². The van der Waals surface area contributed by atoms with Crippen molar-refractivity contribution in [2.45, 2.75) is 13.5 Å². The van der Waals surface area contributed by atoms with Crippen molar-refractivity contribution in [2.24, 2.45) is 0 Å². The summed E-state index contributed by atoms with van der Waals surface area (Å²) in [5, 5.41) is 8.47. The van der Waals surface area contributed by atoms with Crippen molar-refractivity contribution in [3.05, 3.63) is 58.2 Å². The Morgan fingerprint density at radius 3 is 2.77 bits per heavy atom. The van der Waals surface area contributed by atoms with Crippen molar-refractivity contribution < 1.29 is 18.7 Å². The van der Waals surface area contributed by atoms with Crippen molar-refractivity contribution in [3.63, 3.8) is 0 Å². The Kier molecular flexibility index (Phi) is 5.44. The SMILES string of the molecule is CCOC(=O)c1cnn(-c2nc(OC)c3c(cnn3Cc3cc(F)cc(Br)c3)n2)c1. The van der Waals surface area contributed by atoms with Gasteiger partial charge in [-0.2, -0.15) is 15.2 Å². The maximum absolute atomic E-state index is 13.7. The van der Waals surface area contributed by atoms with Gasteiger partial charge in [0.1, 0.15) is 16.9 Å². The minimum Gasteiger partial charge on any atom is -0.479 e. The number of carbonyl (C=O) groups excluding carboxylic acids is 1. The molecule has 0 amide bonds. The molecule has 0 bridgehead atoms. The lowest BCUT2D eigenvalue weighted by molar-refractivity contribution is 0.0526. The number of fused-ring (bicyclic) bond motifs is 1. The second kappa shape index (κ2) is 8.19. The lowest BCUT2D eigenvalue weighted by Crippen LogP contribution is -2.07. The van der Waals surface area contributed by atoms with E-state index in [1.807, 2.05) is 0 Å². The average Bonchev–Trinajstić information content (AvgIpc) is 3.34. The van der Waals surface area contributed by atoms with Crippen LogP contribution in [0.1, 0.15) is 22.8 Å². The first-order valence-electron chi connectivity index (χ1n) is 8.93. The largest absolute Gasteiger partial charge is 0.479 e. The van der Waals surface area contributed by atoms with Crippen LogP contribution in [0.15, 0.2) is 41.3 Å². The number of rotatable bonds is 6. The highest BCUT2D eigenvalue weighted by Gasteiger charge is 2.18. The lowest BCUT2D eigenvalue weighted by atomic mass is 10.2. The van der Waals surface area contributed by atoms with Crippen LogP contribution >= 0.6 is 15.9 Å². The molecule has 0 aliphatic heterocycles. The molecule has 3 heterocycles. The fraction of sp³-hybridized carbons (Fsp3) is 0.211. The van der Waals surface area contributed by atoms with Gasteiger partial charge in [-0.15, -0.1) is 0 Å². The van der Waals surface area contributed by atoms with Crippen LogP contribution in [0.2, 0.25) is 0 Å². The van der Waals surface area contributed by atoms with E-state index < -0.39 is 5.97 Å². The van der Waals surface area contributed by atoms with Gasteiger partial charge >= 0.3 is 5.97 Å². The molecule has 0 aliphatic rings. The Bertz CT molecular complexity index is 1220. The number of hydrogen-bond acceptors (Lipinski definition) is 7. The highest BCUT2D eigenvalue weighted by atomic mass is 79.9. The van der Waals surface area contributed by atoms with Crippen LogP contribution in [0.3, 0.4) is 0 Å². The molecule has 1 aromatic carbocycles. The highest BCUT2D eigenvalue weighted by Crippen LogP contribution is 2.25. The Balaban J connectivity index is 1.72. The molecule has 30 heavy (non-hydrogen) atoms. The van der Waals surface area contributed by atoms with Gasteiger partial charge in [-0.3, -0.25) is 4.68 Å². The van der Waals surface area contributed by atoms with Gasteiger partial charge in [0.25, 0.3) is 5.95 Å². The molecule has 3 aromatic heterocycles. The topological polar surface area (TPSA) is 97.0 Å². The van der Waals surface area contributed by atoms with Crippen molar-refractivity contribution in [2.75, 3.05) is 13.7 Å². The number of methoxy groups -OCH3 is 1. The van der Waals surface area contributed by atoms with Gasteiger partial charge in [-0.1, -0.05) is 15.9 Å². The molecule has 4 aromatic rings. The molecule has 0 fully saturated rings. The van der Waals surface area contributed by atoms with Crippen LogP contribution in [0.5, 0.6) is 5.88 Å². The summed E-state index contributed by atoms with van der Waals surface area (Å²) in [5.41, 5.74) is 2.07. The second-order valence-electron chi connectivity index (χ2n) is 6.24. The van der Waals surface area contributed by atoms with Crippen LogP contribution < -0.4 is 4.74 Å². The van der Waals surface area contributed by atoms with E-state index in [4.69, 9.17) is 9.47 Å². The third-order valence-electron chi connectivity index (χ3n) is 4.19. The monoisotopic (exact) mass is 474 g/mol. The first-order chi connectivity index (χ1) is 14.5. The zero-order chi connectivity index (χ0) is 21.3. The van der Waals surface area contributed by atoms with E-state index in [1.165, 1.54) is 36.3 Å². The van der Waals surface area contributed by atoms with Crippen molar-refractivity contribution in [3.8, 4) is 11.8 Å². The summed E-state index contributed by atoms with van der Waals surface area (Å²) in [4.78, 5) is 20.7. The predicted octanol–water partition coefficient (Wildman–Crippen LogP) is 3.15. The smallest absolute Gasteiger partial charge is 0.341 e. The molecule has 0 unspecified atom stereocenters. The zero-order valence-corrected chi connectivity index (χ0v) is 17.6. The van der Waals surface area contributed by atoms with Gasteiger partial charge in [0.2, 0.25) is 5.88 Å². The van der Waals surface area contributed by atoms with Crippen LogP contribution in [-0.4, -0.2) is 49.2 Å². The minimum atomic E-state index is -0.481. The van der Waals surface area contributed by atoms with E-state index >= 15 is 0 Å². The van der Waals surface area contributed by atoms with Crippen LogP contribution in [0.4, 0.5) is 4.39 Å². The molecule has 154 valence electrons. The summed E-state index contributed by atoms with van der Waals surface area (Å²) < 4.78 is 27.7. The Labute approximate surface area is 178 Å². The Morgan fingerprint density at radius 1 is 1.20 bits per heavy atom. The Morgan fingerprint density at radius 2 is 2.03 bits per heavy atom. The first kappa shape index (κ1) is 20.0. The van der Waals surface area contributed by atoms with Crippen molar-refractivity contribution in [1.29, 1.82) is 0 Å². The molecule has 9 nitrogen and oxygen atoms in total. The van der Waals surface area contributed by atoms with E-state index in [-0.39, 0.29) is 29.8 Å². The molecule has 4 rings (SSSR count). The molecule has 0 atom stereocenters. The van der Waals surface area contributed by atoms with Gasteiger partial charge in [0.15, 0.2) is 0 Å². The number of esters is 1. The summed E-state index contributed by atoms with van der Waals surface area (Å²) in [7, 11) is 1.48. The van der Waals surface area contributed by atoms with E-state index in [9.17, 15) is 9.18 Å². The number of benzene rings is 1. The van der Waals surface area contributed by atoms with Gasteiger partial charge < -0.3 is 9.47 Å². The van der Waals surface area contributed by atoms with Crippen molar-refractivity contribution in [1.82, 2.24) is 29.5 Å². The van der Waals surface area contributed by atoms with E-state index in [1.54, 1.807) is 23.9 Å². The molecule has 0 N–H and O–H groups in total. The Hall–Kier alpha value is -3.34. The molecule has 11 heteroatoms. The maximum atomic E-state index is 13.7. The highest BCUT2D eigenvalue weighted by molar-refractivity contribution is 9.10. The molecule has 0 saturated carbocycles. The normalized spacial score (nSPS) is 11.1. The van der Waals surface area contributed by atoms with Crippen LogP contribution in [-0.2, 0) is 11.3 Å².